The summed E-state index contributed by atoms with van der Waals surface area (Å²) in [6.07, 6.45) is 2.38. The molecule has 0 bridgehead atoms. The molecule has 0 unspecified atom stereocenters. The number of piperazine rings is 1. The number of nitrogens with one attached hydrogen (secondary N) is 1. The van der Waals surface area contributed by atoms with Crippen molar-refractivity contribution in [2.45, 2.75) is 38.3 Å². The summed E-state index contributed by atoms with van der Waals surface area (Å²) in [6.45, 7) is 12.4. The highest BCUT2D eigenvalue weighted by Gasteiger charge is 2.31. The first-order valence-corrected chi connectivity index (χ1v) is 7.33. The van der Waals surface area contributed by atoms with Gasteiger partial charge in [0.15, 0.2) is 0 Å². The molecule has 0 aromatic carbocycles. The van der Waals surface area contributed by atoms with Crippen molar-refractivity contribution < 1.29 is 4.74 Å². The predicted octanol–water partition coefficient (Wildman–Crippen LogP) is 0.781. The summed E-state index contributed by atoms with van der Waals surface area (Å²) in [5.41, 5.74) is 0.273. The van der Waals surface area contributed by atoms with Crippen LogP contribution in [-0.2, 0) is 4.74 Å². The van der Waals surface area contributed by atoms with E-state index in [1.54, 1.807) is 0 Å². The van der Waals surface area contributed by atoms with Gasteiger partial charge in [-0.2, -0.15) is 0 Å². The lowest BCUT2D eigenvalue weighted by atomic mass is 9.98. The minimum atomic E-state index is 0.273. The van der Waals surface area contributed by atoms with Crippen LogP contribution in [0.5, 0.6) is 0 Å². The Hall–Kier alpha value is -0.160. The monoisotopic (exact) mass is 255 g/mol. The molecule has 4 heteroatoms. The standard InChI is InChI=1S/C14H29N3O/c1-14(2,17-8-6-15-7-9-17)12-16(3)13-4-10-18-11-5-13/h13,15H,4-12H2,1-3H3. The summed E-state index contributed by atoms with van der Waals surface area (Å²) in [5, 5.41) is 3.43. The molecule has 0 radical (unpaired) electrons. The Labute approximate surface area is 112 Å². The summed E-state index contributed by atoms with van der Waals surface area (Å²) in [7, 11) is 2.28. The fraction of sp³-hybridized carbons (Fsp3) is 1.00. The number of likely N-dealkylation sites (N-methyl/N-ethyl adjacent to an activating group) is 1. The fourth-order valence-electron chi connectivity index (χ4n) is 3.24. The van der Waals surface area contributed by atoms with Gasteiger partial charge < -0.3 is 15.0 Å². The van der Waals surface area contributed by atoms with Gasteiger partial charge in [0.25, 0.3) is 0 Å². The number of nitrogens with zero attached hydrogens (tertiary/aromatic N) is 2. The lowest BCUT2D eigenvalue weighted by Crippen LogP contribution is -2.58. The van der Waals surface area contributed by atoms with Gasteiger partial charge in [-0.05, 0) is 33.7 Å². The number of rotatable bonds is 4. The smallest absolute Gasteiger partial charge is 0.0480 e. The Morgan fingerprint density at radius 3 is 2.44 bits per heavy atom. The molecule has 4 nitrogen and oxygen atoms in total. The van der Waals surface area contributed by atoms with E-state index >= 15 is 0 Å². The lowest BCUT2D eigenvalue weighted by molar-refractivity contribution is 0.0129. The van der Waals surface area contributed by atoms with Crippen LogP contribution in [0, 0.1) is 0 Å². The van der Waals surface area contributed by atoms with E-state index in [4.69, 9.17) is 4.74 Å². The molecule has 2 fully saturated rings. The first-order chi connectivity index (χ1) is 8.59. The molecule has 0 aromatic heterocycles. The molecule has 0 atom stereocenters. The van der Waals surface area contributed by atoms with E-state index < -0.39 is 0 Å². The molecular weight excluding hydrogens is 226 g/mol. The second-order valence-electron chi connectivity index (χ2n) is 6.31. The molecule has 1 N–H and O–H groups in total. The minimum Gasteiger partial charge on any atom is -0.381 e. The first kappa shape index (κ1) is 14.3. The van der Waals surface area contributed by atoms with Crippen LogP contribution in [-0.4, -0.2) is 74.4 Å². The molecule has 2 rings (SSSR count). The van der Waals surface area contributed by atoms with Crippen LogP contribution in [0.25, 0.3) is 0 Å². The maximum Gasteiger partial charge on any atom is 0.0480 e. The van der Waals surface area contributed by atoms with E-state index in [0.717, 1.165) is 32.8 Å². The van der Waals surface area contributed by atoms with Crippen LogP contribution in [0.3, 0.4) is 0 Å². The first-order valence-electron chi connectivity index (χ1n) is 7.33. The van der Waals surface area contributed by atoms with Gasteiger partial charge in [-0.25, -0.2) is 0 Å². The molecular formula is C14H29N3O. The van der Waals surface area contributed by atoms with E-state index in [9.17, 15) is 0 Å². The van der Waals surface area contributed by atoms with Crippen LogP contribution in [0.4, 0.5) is 0 Å². The Morgan fingerprint density at radius 2 is 1.83 bits per heavy atom. The molecule has 2 saturated heterocycles. The number of hydrogen-bond donors (Lipinski definition) is 1. The SMILES string of the molecule is CN(CC(C)(C)N1CCNCC1)C1CCOCC1. The second-order valence-corrected chi connectivity index (χ2v) is 6.31. The third-order valence-corrected chi connectivity index (χ3v) is 4.42. The van der Waals surface area contributed by atoms with Crippen molar-refractivity contribution >= 4 is 0 Å². The largest absolute Gasteiger partial charge is 0.381 e. The van der Waals surface area contributed by atoms with E-state index in [0.29, 0.717) is 6.04 Å². The Balaban J connectivity index is 1.85. The third kappa shape index (κ3) is 3.67. The number of hydrogen-bond acceptors (Lipinski definition) is 4. The van der Waals surface area contributed by atoms with E-state index in [1.165, 1.54) is 25.9 Å². The van der Waals surface area contributed by atoms with Crippen molar-refractivity contribution in [3.05, 3.63) is 0 Å². The third-order valence-electron chi connectivity index (χ3n) is 4.42. The molecule has 0 aliphatic carbocycles. The fourth-order valence-corrected chi connectivity index (χ4v) is 3.24. The topological polar surface area (TPSA) is 27.7 Å². The molecule has 2 aliphatic heterocycles. The predicted molar refractivity (Wildman–Crippen MR) is 75.0 cm³/mol. The zero-order chi connectivity index (χ0) is 13.0. The van der Waals surface area contributed by atoms with Crippen LogP contribution < -0.4 is 5.32 Å². The zero-order valence-electron chi connectivity index (χ0n) is 12.2. The molecule has 18 heavy (non-hydrogen) atoms. The van der Waals surface area contributed by atoms with E-state index in [1.807, 2.05) is 0 Å². The number of ether oxygens (including phenoxy) is 1. The van der Waals surface area contributed by atoms with Gasteiger partial charge in [0.05, 0.1) is 0 Å². The van der Waals surface area contributed by atoms with Crippen LogP contribution in [0.15, 0.2) is 0 Å². The highest BCUT2D eigenvalue weighted by molar-refractivity contribution is 4.88. The van der Waals surface area contributed by atoms with E-state index in [-0.39, 0.29) is 5.54 Å². The van der Waals surface area contributed by atoms with Crippen LogP contribution in [0.1, 0.15) is 26.7 Å². The van der Waals surface area contributed by atoms with Gasteiger partial charge in [-0.3, -0.25) is 4.90 Å². The summed E-state index contributed by atoms with van der Waals surface area (Å²) >= 11 is 0. The quantitative estimate of drug-likeness (QED) is 0.803. The molecule has 106 valence electrons. The van der Waals surface area contributed by atoms with Gasteiger partial charge in [0.1, 0.15) is 0 Å². The van der Waals surface area contributed by atoms with E-state index in [2.05, 4.69) is 36.0 Å². The van der Waals surface area contributed by atoms with Crippen LogP contribution >= 0.6 is 0 Å². The Kier molecular flexibility index (Phi) is 5.01. The molecule has 0 spiro atoms. The molecule has 2 heterocycles. The molecule has 0 saturated carbocycles. The zero-order valence-corrected chi connectivity index (χ0v) is 12.2. The average Bonchev–Trinajstić information content (AvgIpc) is 2.40. The van der Waals surface area contributed by atoms with Crippen molar-refractivity contribution in [2.75, 3.05) is 53.0 Å². The van der Waals surface area contributed by atoms with Crippen LogP contribution in [0.2, 0.25) is 0 Å². The lowest BCUT2D eigenvalue weighted by Gasteiger charge is -2.45. The van der Waals surface area contributed by atoms with Gasteiger partial charge in [-0.1, -0.05) is 0 Å². The normalized spacial score (nSPS) is 24.7. The maximum absolute atomic E-state index is 5.45. The average molecular weight is 255 g/mol. The molecule has 0 aromatic rings. The highest BCUT2D eigenvalue weighted by Crippen LogP contribution is 2.20. The highest BCUT2D eigenvalue weighted by atomic mass is 16.5. The Morgan fingerprint density at radius 1 is 1.22 bits per heavy atom. The van der Waals surface area contributed by atoms with Crippen molar-refractivity contribution in [2.24, 2.45) is 0 Å². The summed E-state index contributed by atoms with van der Waals surface area (Å²) < 4.78 is 5.45. The summed E-state index contributed by atoms with van der Waals surface area (Å²) in [6, 6.07) is 0.709. The Bertz CT molecular complexity index is 245. The van der Waals surface area contributed by atoms with Gasteiger partial charge >= 0.3 is 0 Å². The second kappa shape index (κ2) is 6.33. The van der Waals surface area contributed by atoms with Crippen molar-refractivity contribution in [3.63, 3.8) is 0 Å². The summed E-state index contributed by atoms with van der Waals surface area (Å²) in [4.78, 5) is 5.17. The van der Waals surface area contributed by atoms with Gasteiger partial charge in [0, 0.05) is 57.5 Å². The van der Waals surface area contributed by atoms with Crippen molar-refractivity contribution in [1.82, 2.24) is 15.1 Å². The van der Waals surface area contributed by atoms with Crippen molar-refractivity contribution in [3.8, 4) is 0 Å². The van der Waals surface area contributed by atoms with Crippen molar-refractivity contribution in [1.29, 1.82) is 0 Å². The van der Waals surface area contributed by atoms with Gasteiger partial charge in [-0.15, -0.1) is 0 Å². The minimum absolute atomic E-state index is 0.273. The molecule has 2 aliphatic rings. The summed E-state index contributed by atoms with van der Waals surface area (Å²) in [5.74, 6) is 0. The molecule has 0 amide bonds. The maximum atomic E-state index is 5.45. The van der Waals surface area contributed by atoms with Gasteiger partial charge in [0.2, 0.25) is 0 Å².